The fourth-order valence-corrected chi connectivity index (χ4v) is 8.04. The minimum absolute atomic E-state index is 0.151. The Balaban J connectivity index is 1.26. The van der Waals surface area contributed by atoms with E-state index < -0.39 is 0 Å². The van der Waals surface area contributed by atoms with E-state index in [0.717, 1.165) is 11.4 Å². The van der Waals surface area contributed by atoms with Crippen molar-refractivity contribution in [2.24, 2.45) is 0 Å². The van der Waals surface area contributed by atoms with Gasteiger partial charge in [0.25, 0.3) is 0 Å². The smallest absolute Gasteiger partial charge is 0.0549 e. The van der Waals surface area contributed by atoms with Crippen LogP contribution in [0.25, 0.3) is 55.3 Å². The Morgan fingerprint density at radius 1 is 0.400 bits per heavy atom. The Hall–Kier alpha value is -6.18. The lowest BCUT2D eigenvalue weighted by molar-refractivity contribution is 0.666. The van der Waals surface area contributed by atoms with Gasteiger partial charge in [-0.1, -0.05) is 178 Å². The minimum Gasteiger partial charge on any atom is -0.309 e. The summed E-state index contributed by atoms with van der Waals surface area (Å²) in [6, 6.07) is 68.5. The van der Waals surface area contributed by atoms with Crippen LogP contribution in [0.1, 0.15) is 25.0 Å². The molecule has 8 aromatic rings. The van der Waals surface area contributed by atoms with E-state index in [1.165, 1.54) is 72.1 Å². The van der Waals surface area contributed by atoms with Crippen molar-refractivity contribution in [1.82, 2.24) is 0 Å². The molecule has 0 N–H and O–H groups in total. The van der Waals surface area contributed by atoms with Crippen molar-refractivity contribution in [3.63, 3.8) is 0 Å². The van der Waals surface area contributed by atoms with Crippen molar-refractivity contribution >= 4 is 27.8 Å². The van der Waals surface area contributed by atoms with Gasteiger partial charge in [0.2, 0.25) is 0 Å². The highest BCUT2D eigenvalue weighted by Crippen LogP contribution is 2.57. The Kier molecular flexibility index (Phi) is 7.21. The molecule has 50 heavy (non-hydrogen) atoms. The molecule has 1 aliphatic rings. The Morgan fingerprint density at radius 3 is 1.58 bits per heavy atom. The van der Waals surface area contributed by atoms with Crippen molar-refractivity contribution in [3.05, 3.63) is 199 Å². The van der Waals surface area contributed by atoms with Crippen LogP contribution in [-0.2, 0) is 5.41 Å². The first kappa shape index (κ1) is 29.9. The van der Waals surface area contributed by atoms with E-state index in [-0.39, 0.29) is 5.41 Å². The summed E-state index contributed by atoms with van der Waals surface area (Å²) < 4.78 is 0. The molecule has 1 heteroatoms. The predicted octanol–water partition coefficient (Wildman–Crippen LogP) is 13.6. The molecule has 0 bridgehead atoms. The van der Waals surface area contributed by atoms with Gasteiger partial charge in [0, 0.05) is 22.2 Å². The third kappa shape index (κ3) is 4.94. The molecule has 9 rings (SSSR count). The van der Waals surface area contributed by atoms with Gasteiger partial charge in [-0.25, -0.2) is 0 Å². The van der Waals surface area contributed by atoms with Gasteiger partial charge in [-0.2, -0.15) is 0 Å². The largest absolute Gasteiger partial charge is 0.309 e. The molecule has 1 aliphatic carbocycles. The zero-order chi connectivity index (χ0) is 33.7. The number of nitrogens with zero attached hydrogens (tertiary/aromatic N) is 1. The number of rotatable bonds is 6. The highest BCUT2D eigenvalue weighted by molar-refractivity contribution is 6.06. The Morgan fingerprint density at radius 2 is 0.900 bits per heavy atom. The number of hydrogen-bond acceptors (Lipinski definition) is 1. The van der Waals surface area contributed by atoms with Crippen LogP contribution in [0.5, 0.6) is 0 Å². The van der Waals surface area contributed by atoms with E-state index in [1.807, 2.05) is 0 Å². The first-order valence-electron chi connectivity index (χ1n) is 17.4. The number of para-hydroxylation sites is 1. The van der Waals surface area contributed by atoms with Gasteiger partial charge in [-0.15, -0.1) is 0 Å². The first-order chi connectivity index (χ1) is 24.6. The summed E-state index contributed by atoms with van der Waals surface area (Å²) in [4.78, 5) is 2.49. The average molecular weight is 640 g/mol. The van der Waals surface area contributed by atoms with Crippen molar-refractivity contribution in [3.8, 4) is 44.5 Å². The van der Waals surface area contributed by atoms with Gasteiger partial charge in [0.15, 0.2) is 0 Å². The molecule has 0 fully saturated rings. The third-order valence-electron chi connectivity index (χ3n) is 10.4. The van der Waals surface area contributed by atoms with Crippen molar-refractivity contribution in [2.45, 2.75) is 19.3 Å². The summed E-state index contributed by atoms with van der Waals surface area (Å²) in [6.45, 7) is 4.77. The SMILES string of the molecule is CC1(C)c2ccccc2-c2c(N(c3ccc(-c4ccc(-c5ccccc5)cc4)cc3)c3ccccc3-c3ccccc3)cc3ccccc3c21. The summed E-state index contributed by atoms with van der Waals surface area (Å²) in [7, 11) is 0. The maximum Gasteiger partial charge on any atom is 0.0549 e. The molecule has 0 saturated heterocycles. The molecule has 238 valence electrons. The van der Waals surface area contributed by atoms with E-state index in [9.17, 15) is 0 Å². The summed E-state index contributed by atoms with van der Waals surface area (Å²) in [6.07, 6.45) is 0. The molecule has 8 aromatic carbocycles. The number of fused-ring (bicyclic) bond motifs is 5. The lowest BCUT2D eigenvalue weighted by Crippen LogP contribution is -2.17. The molecule has 0 unspecified atom stereocenters. The molecular weight excluding hydrogens is 603 g/mol. The topological polar surface area (TPSA) is 3.24 Å². The lowest BCUT2D eigenvalue weighted by Gasteiger charge is -2.31. The summed E-state index contributed by atoms with van der Waals surface area (Å²) in [5, 5.41) is 2.57. The monoisotopic (exact) mass is 639 g/mol. The fourth-order valence-electron chi connectivity index (χ4n) is 8.04. The van der Waals surface area contributed by atoms with E-state index >= 15 is 0 Å². The maximum atomic E-state index is 2.49. The van der Waals surface area contributed by atoms with Crippen LogP contribution in [0.15, 0.2) is 188 Å². The van der Waals surface area contributed by atoms with Crippen LogP contribution in [-0.4, -0.2) is 0 Å². The normalized spacial score (nSPS) is 12.8. The molecule has 1 nitrogen and oxygen atoms in total. The quantitative estimate of drug-likeness (QED) is 0.175. The molecule has 0 aliphatic heterocycles. The fraction of sp³-hybridized carbons (Fsp3) is 0.0612. The zero-order valence-corrected chi connectivity index (χ0v) is 28.3. The van der Waals surface area contributed by atoms with Gasteiger partial charge in [-0.05, 0) is 79.5 Å². The average Bonchev–Trinajstić information content (AvgIpc) is 3.43. The molecule has 0 heterocycles. The number of anilines is 3. The Labute approximate surface area is 294 Å². The van der Waals surface area contributed by atoms with Gasteiger partial charge in [-0.3, -0.25) is 0 Å². The van der Waals surface area contributed by atoms with E-state index in [1.54, 1.807) is 0 Å². The van der Waals surface area contributed by atoms with Gasteiger partial charge >= 0.3 is 0 Å². The second-order valence-electron chi connectivity index (χ2n) is 13.7. The summed E-state index contributed by atoms with van der Waals surface area (Å²) in [5.41, 5.74) is 16.0. The van der Waals surface area contributed by atoms with Crippen molar-refractivity contribution < 1.29 is 0 Å². The maximum absolute atomic E-state index is 2.49. The van der Waals surface area contributed by atoms with E-state index in [2.05, 4.69) is 207 Å². The molecule has 0 aromatic heterocycles. The van der Waals surface area contributed by atoms with Crippen LogP contribution in [0.3, 0.4) is 0 Å². The standard InChI is InChI=1S/C49H37N/c1-49(2)44-23-13-11-22-43(44)47-46(33-39-19-9-10-21-42(39)48(47)49)50(45-24-14-12-20-41(45)38-17-7-4-8-18-38)40-31-29-37(30-32-40)36-27-25-35(26-28-36)34-15-5-3-6-16-34/h3-33H,1-2H3. The highest BCUT2D eigenvalue weighted by Gasteiger charge is 2.39. The molecule has 0 saturated carbocycles. The number of benzene rings is 8. The van der Waals surface area contributed by atoms with Crippen LogP contribution < -0.4 is 4.90 Å². The molecular formula is C49H37N. The third-order valence-corrected chi connectivity index (χ3v) is 10.4. The molecule has 0 spiro atoms. The summed E-state index contributed by atoms with van der Waals surface area (Å²) in [5.74, 6) is 0. The van der Waals surface area contributed by atoms with Crippen molar-refractivity contribution in [2.75, 3.05) is 4.90 Å². The molecule has 0 radical (unpaired) electrons. The van der Waals surface area contributed by atoms with Crippen LogP contribution in [0.4, 0.5) is 17.1 Å². The van der Waals surface area contributed by atoms with E-state index in [0.29, 0.717) is 0 Å². The first-order valence-corrected chi connectivity index (χ1v) is 17.4. The van der Waals surface area contributed by atoms with Gasteiger partial charge in [0.05, 0.1) is 11.4 Å². The van der Waals surface area contributed by atoms with Gasteiger partial charge in [0.1, 0.15) is 0 Å². The summed E-state index contributed by atoms with van der Waals surface area (Å²) >= 11 is 0. The van der Waals surface area contributed by atoms with Crippen LogP contribution in [0.2, 0.25) is 0 Å². The predicted molar refractivity (Wildman–Crippen MR) is 213 cm³/mol. The minimum atomic E-state index is -0.151. The molecule has 0 atom stereocenters. The lowest BCUT2D eigenvalue weighted by atomic mass is 9.80. The van der Waals surface area contributed by atoms with Gasteiger partial charge < -0.3 is 4.90 Å². The molecule has 0 amide bonds. The zero-order valence-electron chi connectivity index (χ0n) is 28.3. The van der Waals surface area contributed by atoms with Crippen LogP contribution in [0, 0.1) is 0 Å². The Bertz CT molecular complexity index is 2470. The van der Waals surface area contributed by atoms with Crippen molar-refractivity contribution in [1.29, 1.82) is 0 Å². The highest BCUT2D eigenvalue weighted by atomic mass is 15.1. The van der Waals surface area contributed by atoms with E-state index in [4.69, 9.17) is 0 Å². The second kappa shape index (κ2) is 12.1. The van der Waals surface area contributed by atoms with Crippen LogP contribution >= 0.6 is 0 Å². The number of hydrogen-bond donors (Lipinski definition) is 0. The second-order valence-corrected chi connectivity index (χ2v) is 13.7.